The summed E-state index contributed by atoms with van der Waals surface area (Å²) in [7, 11) is 0. The van der Waals surface area contributed by atoms with E-state index in [1.54, 1.807) is 12.1 Å². The van der Waals surface area contributed by atoms with E-state index in [1.807, 2.05) is 0 Å². The highest BCUT2D eigenvalue weighted by atomic mass is 35.5. The van der Waals surface area contributed by atoms with Crippen LogP contribution in [-0.4, -0.2) is 0 Å². The van der Waals surface area contributed by atoms with E-state index in [-0.39, 0.29) is 5.02 Å². The van der Waals surface area contributed by atoms with Crippen LogP contribution in [0.2, 0.25) is 5.02 Å². The highest BCUT2D eigenvalue weighted by Gasteiger charge is 2.04. The summed E-state index contributed by atoms with van der Waals surface area (Å²) in [6.45, 7) is 0. The Labute approximate surface area is 63.1 Å². The molecule has 0 aromatic heterocycles. The highest BCUT2D eigenvalue weighted by molar-refractivity contribution is 7.59. The minimum absolute atomic E-state index is 0.133. The van der Waals surface area contributed by atoms with Crippen LogP contribution in [0.25, 0.3) is 0 Å². The Balaban J connectivity index is 3.25. The van der Waals surface area contributed by atoms with Crippen molar-refractivity contribution in [3.05, 3.63) is 29.0 Å². The van der Waals surface area contributed by atoms with Gasteiger partial charge in [0.2, 0.25) is 0 Å². The summed E-state index contributed by atoms with van der Waals surface area (Å²) in [4.78, 5) is 0.580. The third-order valence-electron chi connectivity index (χ3n) is 0.952. The molecule has 1 aromatic rings. The fraction of sp³-hybridized carbons (Fsp3) is 0. The van der Waals surface area contributed by atoms with E-state index < -0.39 is 5.82 Å². The van der Waals surface area contributed by atoms with Crippen LogP contribution in [0.5, 0.6) is 0 Å². The summed E-state index contributed by atoms with van der Waals surface area (Å²) in [6.07, 6.45) is 0. The number of benzene rings is 1. The first-order chi connectivity index (χ1) is 4.22. The lowest BCUT2D eigenvalue weighted by Crippen LogP contribution is -1.78. The van der Waals surface area contributed by atoms with E-state index in [0.717, 1.165) is 0 Å². The summed E-state index contributed by atoms with van der Waals surface area (Å²) in [5.74, 6) is -0.399. The van der Waals surface area contributed by atoms with Gasteiger partial charge in [-0.15, -0.1) is 0 Å². The second-order valence-corrected chi connectivity index (χ2v) is 2.52. The minimum atomic E-state index is -0.399. The second-order valence-electron chi connectivity index (χ2n) is 1.60. The van der Waals surface area contributed by atoms with Crippen molar-refractivity contribution in [2.24, 2.45) is 0 Å². The van der Waals surface area contributed by atoms with Gasteiger partial charge >= 0.3 is 0 Å². The lowest BCUT2D eigenvalue weighted by molar-refractivity contribution is 0.625. The van der Waals surface area contributed by atoms with E-state index in [9.17, 15) is 4.39 Å². The third-order valence-corrected chi connectivity index (χ3v) is 1.91. The zero-order valence-corrected chi connectivity index (χ0v) is 6.24. The Morgan fingerprint density at radius 3 is 2.56 bits per heavy atom. The van der Waals surface area contributed by atoms with Crippen LogP contribution in [0.1, 0.15) is 0 Å². The number of hydrogen-bond acceptors (Lipinski definition) is 0. The fourth-order valence-electron chi connectivity index (χ4n) is 0.504. The minimum Gasteiger partial charge on any atom is -0.205 e. The van der Waals surface area contributed by atoms with Gasteiger partial charge in [0, 0.05) is 0 Å². The van der Waals surface area contributed by atoms with Gasteiger partial charge in [-0.2, -0.15) is 0 Å². The molecule has 0 heterocycles. The maximum Gasteiger partial charge on any atom is 0.171 e. The third kappa shape index (κ3) is 1.37. The van der Waals surface area contributed by atoms with Gasteiger partial charge in [-0.1, -0.05) is 17.7 Å². The summed E-state index contributed by atoms with van der Waals surface area (Å²) in [5, 5.41) is 0.133. The lowest BCUT2D eigenvalue weighted by atomic mass is 10.3. The van der Waals surface area contributed by atoms with Gasteiger partial charge in [0.15, 0.2) is 4.90 Å². The van der Waals surface area contributed by atoms with E-state index in [1.165, 1.54) is 6.07 Å². The Bertz CT molecular complexity index is 204. The maximum absolute atomic E-state index is 12.4. The molecule has 0 bridgehead atoms. The maximum atomic E-state index is 12.4. The topological polar surface area (TPSA) is 0 Å². The summed E-state index contributed by atoms with van der Waals surface area (Å²) >= 11 is 8.58. The van der Waals surface area contributed by atoms with Crippen molar-refractivity contribution in [2.45, 2.75) is 4.90 Å². The summed E-state index contributed by atoms with van der Waals surface area (Å²) < 4.78 is 12.4. The average Bonchev–Trinajstić information content (AvgIpc) is 1.83. The molecular formula is C6H5ClFS+. The standard InChI is InChI=1S/C6H4ClFS/c7-6-4(8)2-1-3-5(6)9/h1-3,9H/p+1. The summed E-state index contributed by atoms with van der Waals surface area (Å²) in [5.41, 5.74) is 0. The van der Waals surface area contributed by atoms with E-state index in [2.05, 4.69) is 12.6 Å². The van der Waals surface area contributed by atoms with Crippen LogP contribution >= 0.6 is 11.6 Å². The summed E-state index contributed by atoms with van der Waals surface area (Å²) in [6, 6.07) is 4.58. The Morgan fingerprint density at radius 2 is 2.11 bits per heavy atom. The van der Waals surface area contributed by atoms with E-state index in [4.69, 9.17) is 11.6 Å². The molecule has 1 rings (SSSR count). The van der Waals surface area contributed by atoms with Crippen molar-refractivity contribution >= 4 is 24.2 Å². The molecule has 0 saturated heterocycles. The second kappa shape index (κ2) is 2.58. The molecule has 0 aliphatic rings. The molecular weight excluding hydrogens is 159 g/mol. The molecule has 0 unspecified atom stereocenters. The van der Waals surface area contributed by atoms with Gasteiger partial charge in [-0.25, -0.2) is 4.39 Å². The van der Waals surface area contributed by atoms with Crippen LogP contribution in [0.3, 0.4) is 0 Å². The smallest absolute Gasteiger partial charge is 0.171 e. The number of hydrogen-bond donors (Lipinski definition) is 0. The molecule has 0 spiro atoms. The fourth-order valence-corrected chi connectivity index (χ4v) is 0.845. The van der Waals surface area contributed by atoms with Crippen LogP contribution in [0, 0.1) is 5.82 Å². The van der Waals surface area contributed by atoms with Crippen LogP contribution in [0.15, 0.2) is 23.1 Å². The van der Waals surface area contributed by atoms with Crippen molar-refractivity contribution in [1.29, 1.82) is 0 Å². The molecule has 0 radical (unpaired) electrons. The molecule has 1 aromatic carbocycles. The zero-order chi connectivity index (χ0) is 6.85. The van der Waals surface area contributed by atoms with Crippen molar-refractivity contribution in [1.82, 2.24) is 0 Å². The van der Waals surface area contributed by atoms with E-state index >= 15 is 0 Å². The first-order valence-electron chi connectivity index (χ1n) is 2.37. The van der Waals surface area contributed by atoms with Gasteiger partial charge in [0.1, 0.15) is 10.8 Å². The van der Waals surface area contributed by atoms with Crippen molar-refractivity contribution in [3.8, 4) is 0 Å². The molecule has 0 fully saturated rings. The molecule has 0 aliphatic heterocycles. The Morgan fingerprint density at radius 1 is 1.44 bits per heavy atom. The molecule has 0 N–H and O–H groups in total. The first-order valence-corrected chi connectivity index (χ1v) is 3.25. The molecule has 48 valence electrons. The Hall–Kier alpha value is -0.210. The average molecular weight is 164 g/mol. The SMILES string of the molecule is Fc1cccc([SH2+])c1Cl. The normalized spacial score (nSPS) is 9.67. The van der Waals surface area contributed by atoms with Crippen LogP contribution < -0.4 is 0 Å². The van der Waals surface area contributed by atoms with Gasteiger partial charge in [-0.3, -0.25) is 0 Å². The van der Waals surface area contributed by atoms with Crippen LogP contribution in [0.4, 0.5) is 4.39 Å². The monoisotopic (exact) mass is 163 g/mol. The number of halogens is 2. The zero-order valence-electron chi connectivity index (χ0n) is 4.49. The molecule has 0 amide bonds. The lowest BCUT2D eigenvalue weighted by Gasteiger charge is -1.89. The predicted molar refractivity (Wildman–Crippen MR) is 39.8 cm³/mol. The molecule has 9 heavy (non-hydrogen) atoms. The molecule has 0 atom stereocenters. The first kappa shape index (κ1) is 6.90. The Kier molecular flexibility index (Phi) is 1.98. The molecule has 0 saturated carbocycles. The quantitative estimate of drug-likeness (QED) is 0.512. The van der Waals surface area contributed by atoms with Crippen molar-refractivity contribution < 1.29 is 4.39 Å². The molecule has 0 aliphatic carbocycles. The largest absolute Gasteiger partial charge is 0.205 e. The number of rotatable bonds is 0. The van der Waals surface area contributed by atoms with Gasteiger partial charge < -0.3 is 0 Å². The van der Waals surface area contributed by atoms with Gasteiger partial charge in [0.25, 0.3) is 0 Å². The van der Waals surface area contributed by atoms with Crippen molar-refractivity contribution in [2.75, 3.05) is 0 Å². The van der Waals surface area contributed by atoms with Crippen molar-refractivity contribution in [3.63, 3.8) is 0 Å². The highest BCUT2D eigenvalue weighted by Crippen LogP contribution is 2.18. The van der Waals surface area contributed by atoms with Gasteiger partial charge in [-0.05, 0) is 24.8 Å². The predicted octanol–water partition coefficient (Wildman–Crippen LogP) is 1.85. The molecule has 0 nitrogen and oxygen atoms in total. The van der Waals surface area contributed by atoms with Gasteiger partial charge in [0.05, 0.1) is 0 Å². The molecule has 3 heteroatoms. The van der Waals surface area contributed by atoms with Crippen LogP contribution in [-0.2, 0) is 12.6 Å². The van der Waals surface area contributed by atoms with E-state index in [0.29, 0.717) is 4.90 Å².